The molecule has 5 nitrogen and oxygen atoms in total. The first-order valence-electron chi connectivity index (χ1n) is 7.64. The number of nitrogens with zero attached hydrogens (tertiary/aromatic N) is 1. The number of hydrogen-bond acceptors (Lipinski definition) is 4. The fourth-order valence-corrected chi connectivity index (χ4v) is 2.05. The molecular weight excluding hydrogens is 278 g/mol. The van der Waals surface area contributed by atoms with Gasteiger partial charge in [0.2, 0.25) is 0 Å². The molecule has 0 fully saturated rings. The van der Waals surface area contributed by atoms with Gasteiger partial charge in [0.25, 0.3) is 0 Å². The summed E-state index contributed by atoms with van der Waals surface area (Å²) in [7, 11) is 2.01. The standard InChI is InChI=1S/C17H29N3O2/c1-13-6-8-14(9-7-13)12-20(5)15(10-18)11-19-16(21)22-17(2,3)4/h6-9,15H,10-12,18H2,1-5H3,(H,19,21). The Labute approximate surface area is 133 Å². The molecule has 1 atom stereocenters. The van der Waals surface area contributed by atoms with Crippen LogP contribution in [0.2, 0.25) is 0 Å². The summed E-state index contributed by atoms with van der Waals surface area (Å²) in [4.78, 5) is 13.8. The monoisotopic (exact) mass is 307 g/mol. The van der Waals surface area contributed by atoms with Gasteiger partial charge in [0.15, 0.2) is 0 Å². The summed E-state index contributed by atoms with van der Waals surface area (Å²) < 4.78 is 5.23. The maximum absolute atomic E-state index is 11.7. The molecule has 1 aromatic rings. The third kappa shape index (κ3) is 6.91. The lowest BCUT2D eigenvalue weighted by Gasteiger charge is -2.28. The zero-order chi connectivity index (χ0) is 16.8. The van der Waals surface area contributed by atoms with E-state index >= 15 is 0 Å². The second-order valence-electron chi connectivity index (χ2n) is 6.67. The van der Waals surface area contributed by atoms with Crippen molar-refractivity contribution in [2.75, 3.05) is 20.1 Å². The van der Waals surface area contributed by atoms with E-state index < -0.39 is 11.7 Å². The average Bonchev–Trinajstić information content (AvgIpc) is 2.40. The number of nitrogens with one attached hydrogen (secondary N) is 1. The van der Waals surface area contributed by atoms with Crippen LogP contribution < -0.4 is 11.1 Å². The van der Waals surface area contributed by atoms with E-state index in [1.54, 1.807) is 0 Å². The van der Waals surface area contributed by atoms with Crippen LogP contribution in [0, 0.1) is 6.92 Å². The van der Waals surface area contributed by atoms with Crippen LogP contribution in [-0.2, 0) is 11.3 Å². The lowest BCUT2D eigenvalue weighted by Crippen LogP contribution is -2.47. The van der Waals surface area contributed by atoms with E-state index in [0.29, 0.717) is 13.1 Å². The second-order valence-corrected chi connectivity index (χ2v) is 6.67. The number of alkyl carbamates (subject to hydrolysis) is 1. The fraction of sp³-hybridized carbons (Fsp3) is 0.588. The Kier molecular flexibility index (Phi) is 6.84. The molecule has 0 radical (unpaired) electrons. The molecule has 0 bridgehead atoms. The van der Waals surface area contributed by atoms with Gasteiger partial charge in [0.1, 0.15) is 5.60 Å². The molecule has 22 heavy (non-hydrogen) atoms. The van der Waals surface area contributed by atoms with Gasteiger partial charge in [-0.2, -0.15) is 0 Å². The molecule has 0 aliphatic carbocycles. The summed E-state index contributed by atoms with van der Waals surface area (Å²) in [6.45, 7) is 9.33. The van der Waals surface area contributed by atoms with Crippen LogP contribution in [0.5, 0.6) is 0 Å². The lowest BCUT2D eigenvalue weighted by atomic mass is 10.1. The van der Waals surface area contributed by atoms with Gasteiger partial charge in [0.05, 0.1) is 0 Å². The van der Waals surface area contributed by atoms with Crippen molar-refractivity contribution in [2.24, 2.45) is 5.73 Å². The molecule has 3 N–H and O–H groups in total. The van der Waals surface area contributed by atoms with Crippen molar-refractivity contribution in [1.29, 1.82) is 0 Å². The quantitative estimate of drug-likeness (QED) is 0.846. The highest BCUT2D eigenvalue weighted by Crippen LogP contribution is 2.09. The van der Waals surface area contributed by atoms with Crippen LogP contribution in [0.25, 0.3) is 0 Å². The summed E-state index contributed by atoms with van der Waals surface area (Å²) in [6, 6.07) is 8.48. The van der Waals surface area contributed by atoms with Gasteiger partial charge >= 0.3 is 6.09 Å². The number of likely N-dealkylation sites (N-methyl/N-ethyl adjacent to an activating group) is 1. The van der Waals surface area contributed by atoms with Crippen molar-refractivity contribution in [2.45, 2.75) is 45.9 Å². The molecule has 0 aliphatic heterocycles. The predicted octanol–water partition coefficient (Wildman–Crippen LogP) is 2.28. The van der Waals surface area contributed by atoms with Gasteiger partial charge in [-0.15, -0.1) is 0 Å². The smallest absolute Gasteiger partial charge is 0.407 e. The van der Waals surface area contributed by atoms with Gasteiger partial charge in [-0.3, -0.25) is 4.90 Å². The summed E-state index contributed by atoms with van der Waals surface area (Å²) in [5.74, 6) is 0. The maximum atomic E-state index is 11.7. The van der Waals surface area contributed by atoms with E-state index in [2.05, 4.69) is 41.4 Å². The zero-order valence-corrected chi connectivity index (χ0v) is 14.3. The van der Waals surface area contributed by atoms with E-state index in [0.717, 1.165) is 6.54 Å². The van der Waals surface area contributed by atoms with Crippen molar-refractivity contribution in [1.82, 2.24) is 10.2 Å². The normalized spacial score (nSPS) is 13.0. The van der Waals surface area contributed by atoms with E-state index in [1.807, 2.05) is 27.8 Å². The fourth-order valence-electron chi connectivity index (χ4n) is 2.05. The predicted molar refractivity (Wildman–Crippen MR) is 89.7 cm³/mol. The number of hydrogen-bond donors (Lipinski definition) is 2. The Hall–Kier alpha value is -1.59. The van der Waals surface area contributed by atoms with Gasteiger partial charge in [-0.05, 0) is 40.3 Å². The molecule has 0 spiro atoms. The van der Waals surface area contributed by atoms with Crippen LogP contribution in [0.1, 0.15) is 31.9 Å². The zero-order valence-electron chi connectivity index (χ0n) is 14.3. The molecule has 1 unspecified atom stereocenters. The van der Waals surface area contributed by atoms with Crippen LogP contribution in [-0.4, -0.2) is 42.8 Å². The third-order valence-electron chi connectivity index (χ3n) is 3.33. The van der Waals surface area contributed by atoms with E-state index in [1.165, 1.54) is 11.1 Å². The van der Waals surface area contributed by atoms with Crippen molar-refractivity contribution in [3.8, 4) is 0 Å². The summed E-state index contributed by atoms with van der Waals surface area (Å²) in [5, 5.41) is 2.78. The molecule has 124 valence electrons. The minimum Gasteiger partial charge on any atom is -0.444 e. The highest BCUT2D eigenvalue weighted by atomic mass is 16.6. The van der Waals surface area contributed by atoms with E-state index in [4.69, 9.17) is 10.5 Å². The Morgan fingerprint density at radius 1 is 1.32 bits per heavy atom. The number of nitrogens with two attached hydrogens (primary N) is 1. The highest BCUT2D eigenvalue weighted by molar-refractivity contribution is 5.67. The summed E-state index contributed by atoms with van der Waals surface area (Å²) >= 11 is 0. The van der Waals surface area contributed by atoms with Crippen molar-refractivity contribution < 1.29 is 9.53 Å². The molecule has 1 rings (SSSR count). The summed E-state index contributed by atoms with van der Waals surface area (Å²) in [6.07, 6.45) is -0.408. The van der Waals surface area contributed by atoms with Crippen LogP contribution in [0.15, 0.2) is 24.3 Å². The first kappa shape index (κ1) is 18.5. The average molecular weight is 307 g/mol. The van der Waals surface area contributed by atoms with Crippen molar-refractivity contribution >= 4 is 6.09 Å². The molecule has 0 heterocycles. The second kappa shape index (κ2) is 8.15. The third-order valence-corrected chi connectivity index (χ3v) is 3.33. The number of carbonyl (C=O) groups is 1. The number of aryl methyl sites for hydroxylation is 1. The topological polar surface area (TPSA) is 67.6 Å². The molecule has 1 aromatic carbocycles. The highest BCUT2D eigenvalue weighted by Gasteiger charge is 2.19. The Morgan fingerprint density at radius 2 is 1.91 bits per heavy atom. The number of amides is 1. The van der Waals surface area contributed by atoms with Crippen LogP contribution >= 0.6 is 0 Å². The minimum atomic E-state index is -0.490. The van der Waals surface area contributed by atoms with Crippen LogP contribution in [0.4, 0.5) is 4.79 Å². The van der Waals surface area contributed by atoms with Gasteiger partial charge in [-0.25, -0.2) is 4.79 Å². The van der Waals surface area contributed by atoms with E-state index in [-0.39, 0.29) is 6.04 Å². The number of ether oxygens (including phenoxy) is 1. The van der Waals surface area contributed by atoms with Gasteiger partial charge < -0.3 is 15.8 Å². The molecule has 1 amide bonds. The molecule has 0 aliphatic rings. The molecular formula is C17H29N3O2. The molecule has 0 saturated carbocycles. The largest absolute Gasteiger partial charge is 0.444 e. The maximum Gasteiger partial charge on any atom is 0.407 e. The van der Waals surface area contributed by atoms with Gasteiger partial charge in [-0.1, -0.05) is 29.8 Å². The number of benzene rings is 1. The first-order chi connectivity index (χ1) is 10.2. The number of rotatable bonds is 6. The molecule has 0 saturated heterocycles. The minimum absolute atomic E-state index is 0.0637. The lowest BCUT2D eigenvalue weighted by molar-refractivity contribution is 0.0511. The molecule has 0 aromatic heterocycles. The van der Waals surface area contributed by atoms with Crippen molar-refractivity contribution in [3.05, 3.63) is 35.4 Å². The first-order valence-corrected chi connectivity index (χ1v) is 7.64. The van der Waals surface area contributed by atoms with E-state index in [9.17, 15) is 4.79 Å². The Balaban J connectivity index is 2.49. The SMILES string of the molecule is Cc1ccc(CN(C)C(CN)CNC(=O)OC(C)(C)C)cc1. The Bertz CT molecular complexity index is 466. The Morgan fingerprint density at radius 3 is 2.41 bits per heavy atom. The van der Waals surface area contributed by atoms with Crippen LogP contribution in [0.3, 0.4) is 0 Å². The summed E-state index contributed by atoms with van der Waals surface area (Å²) in [5.41, 5.74) is 7.81. The number of carbonyl (C=O) groups excluding carboxylic acids is 1. The van der Waals surface area contributed by atoms with Crippen molar-refractivity contribution in [3.63, 3.8) is 0 Å². The van der Waals surface area contributed by atoms with Gasteiger partial charge in [0, 0.05) is 25.7 Å². The molecule has 5 heteroatoms.